The van der Waals surface area contributed by atoms with E-state index in [2.05, 4.69) is 34.5 Å². The number of ether oxygens (including phenoxy) is 1. The number of likely N-dealkylation sites (tertiary alicyclic amines) is 1. The maximum absolute atomic E-state index is 13.3. The highest BCUT2D eigenvalue weighted by molar-refractivity contribution is 5.87. The minimum Gasteiger partial charge on any atom is -0.478 e. The van der Waals surface area contributed by atoms with Crippen molar-refractivity contribution < 1.29 is 19.4 Å². The molecule has 1 saturated heterocycles. The van der Waals surface area contributed by atoms with Crippen LogP contribution in [0.5, 0.6) is 0 Å². The quantitative estimate of drug-likeness (QED) is 0.428. The fourth-order valence-corrected chi connectivity index (χ4v) is 4.92. The Kier molecular flexibility index (Phi) is 7.43. The number of aliphatic carboxylic acids is 1. The van der Waals surface area contributed by atoms with Crippen LogP contribution in [0.3, 0.4) is 0 Å². The van der Waals surface area contributed by atoms with Gasteiger partial charge in [0.05, 0.1) is 0 Å². The van der Waals surface area contributed by atoms with Crippen molar-refractivity contribution in [3.63, 3.8) is 0 Å². The number of piperidine rings is 1. The van der Waals surface area contributed by atoms with Crippen molar-refractivity contribution >= 4 is 18.0 Å². The van der Waals surface area contributed by atoms with Gasteiger partial charge in [-0.05, 0) is 75.9 Å². The Morgan fingerprint density at radius 3 is 2.34 bits per heavy atom. The summed E-state index contributed by atoms with van der Waals surface area (Å²) in [6, 6.07) is 18.5. The molecule has 0 aromatic heterocycles. The van der Waals surface area contributed by atoms with Crippen molar-refractivity contribution in [3.05, 3.63) is 77.4 Å². The van der Waals surface area contributed by atoms with E-state index in [0.29, 0.717) is 0 Å². The predicted octanol–water partition coefficient (Wildman–Crippen LogP) is 4.61. The number of benzene rings is 2. The largest absolute Gasteiger partial charge is 0.478 e. The third-order valence-corrected chi connectivity index (χ3v) is 6.78. The molecule has 2 aromatic carbocycles. The van der Waals surface area contributed by atoms with Gasteiger partial charge in [0.15, 0.2) is 0 Å². The van der Waals surface area contributed by atoms with Crippen LogP contribution in [0, 0.1) is 0 Å². The summed E-state index contributed by atoms with van der Waals surface area (Å²) >= 11 is 0. The molecule has 2 N–H and O–H groups in total. The van der Waals surface area contributed by atoms with Gasteiger partial charge in [-0.1, -0.05) is 54.6 Å². The number of carboxylic acids is 1. The summed E-state index contributed by atoms with van der Waals surface area (Å²) in [4.78, 5) is 26.4. The lowest BCUT2D eigenvalue weighted by atomic mass is 9.99. The summed E-state index contributed by atoms with van der Waals surface area (Å²) < 4.78 is 5.85. The Morgan fingerprint density at radius 2 is 1.74 bits per heavy atom. The lowest BCUT2D eigenvalue weighted by Gasteiger charge is -2.35. The van der Waals surface area contributed by atoms with Gasteiger partial charge in [-0.3, -0.25) is 15.0 Å². The zero-order valence-corrected chi connectivity index (χ0v) is 20.9. The molecule has 2 atom stereocenters. The van der Waals surface area contributed by atoms with Crippen molar-refractivity contribution in [1.82, 2.24) is 10.2 Å². The second-order valence-corrected chi connectivity index (χ2v) is 10.7. The smallest absolute Gasteiger partial charge is 0.328 e. The molecule has 2 fully saturated rings. The number of rotatable bonds is 8. The van der Waals surface area contributed by atoms with E-state index < -0.39 is 17.1 Å². The minimum atomic E-state index is -0.944. The Bertz CT molecular complexity index is 1050. The van der Waals surface area contributed by atoms with Gasteiger partial charge in [0.25, 0.3) is 0 Å². The number of carboxylic acid groups (broad SMARTS) is 1. The normalized spacial score (nSPS) is 23.3. The molecule has 2 aliphatic rings. The number of carbonyl (C=O) groups is 2. The van der Waals surface area contributed by atoms with Crippen LogP contribution in [0.4, 0.5) is 0 Å². The molecule has 35 heavy (non-hydrogen) atoms. The molecule has 0 amide bonds. The number of esters is 1. The van der Waals surface area contributed by atoms with Crippen LogP contribution in [0.1, 0.15) is 62.6 Å². The Balaban J connectivity index is 1.34. The molecular formula is C29H36N2O4. The zero-order chi connectivity index (χ0) is 25.1. The van der Waals surface area contributed by atoms with E-state index >= 15 is 0 Å². The average Bonchev–Trinajstić information content (AvgIpc) is 3.55. The number of carbonyl (C=O) groups excluding carboxylic acids is 1. The molecule has 6 nitrogen and oxygen atoms in total. The van der Waals surface area contributed by atoms with E-state index in [9.17, 15) is 9.59 Å². The Hall–Kier alpha value is -2.96. The van der Waals surface area contributed by atoms with Crippen LogP contribution in [0.25, 0.3) is 6.08 Å². The van der Waals surface area contributed by atoms with Crippen molar-refractivity contribution in [2.45, 2.75) is 69.7 Å². The van der Waals surface area contributed by atoms with Gasteiger partial charge in [0.1, 0.15) is 11.1 Å². The van der Waals surface area contributed by atoms with E-state index in [1.54, 1.807) is 6.08 Å². The van der Waals surface area contributed by atoms with Gasteiger partial charge >= 0.3 is 11.9 Å². The summed E-state index contributed by atoms with van der Waals surface area (Å²) in [5.74, 6) is -0.941. The van der Waals surface area contributed by atoms with E-state index in [0.717, 1.165) is 50.5 Å². The van der Waals surface area contributed by atoms with Gasteiger partial charge in [-0.15, -0.1) is 0 Å². The molecule has 0 spiro atoms. The van der Waals surface area contributed by atoms with E-state index in [1.165, 1.54) is 11.1 Å². The van der Waals surface area contributed by atoms with E-state index in [-0.39, 0.29) is 17.9 Å². The number of hydrogen-bond acceptors (Lipinski definition) is 5. The fourth-order valence-electron chi connectivity index (χ4n) is 4.92. The molecule has 6 heteroatoms. The standard InChI is InChI=1S/C29H36N2O4/c1-28(2,3)35-27(34)29(19-25(29)23-7-5-4-6-8-23)30-24-15-17-31(18-16-24)20-22-11-9-21(10-12-22)13-14-26(32)33/h4-14,24-25,30H,15-20H2,1-3H3,(H,32,33)/t25-,29-/m1/s1. The molecule has 186 valence electrons. The molecule has 1 aliphatic carbocycles. The van der Waals surface area contributed by atoms with Crippen molar-refractivity contribution in [1.29, 1.82) is 0 Å². The molecule has 1 saturated carbocycles. The lowest BCUT2D eigenvalue weighted by Crippen LogP contribution is -2.52. The SMILES string of the molecule is CC(C)(C)OC(=O)[C@@]1(NC2CCN(Cc3ccc(C=CC(=O)O)cc3)CC2)C[C@@H]1c1ccccc1. The van der Waals surface area contributed by atoms with Crippen LogP contribution in [-0.4, -0.2) is 52.2 Å². The van der Waals surface area contributed by atoms with Crippen LogP contribution < -0.4 is 5.32 Å². The van der Waals surface area contributed by atoms with E-state index in [1.807, 2.05) is 51.1 Å². The maximum atomic E-state index is 13.3. The highest BCUT2D eigenvalue weighted by Crippen LogP contribution is 2.53. The van der Waals surface area contributed by atoms with Gasteiger partial charge in [-0.2, -0.15) is 0 Å². The molecule has 4 rings (SSSR count). The first-order valence-electron chi connectivity index (χ1n) is 12.4. The summed E-state index contributed by atoms with van der Waals surface area (Å²) in [6.07, 6.45) is 5.48. The van der Waals surface area contributed by atoms with Gasteiger partial charge in [-0.25, -0.2) is 4.79 Å². The third kappa shape index (κ3) is 6.59. The molecule has 0 radical (unpaired) electrons. The molecule has 1 aliphatic heterocycles. The Morgan fingerprint density at radius 1 is 1.09 bits per heavy atom. The summed E-state index contributed by atoms with van der Waals surface area (Å²) in [6.45, 7) is 8.54. The molecule has 1 heterocycles. The number of hydrogen-bond donors (Lipinski definition) is 2. The zero-order valence-electron chi connectivity index (χ0n) is 20.9. The molecular weight excluding hydrogens is 440 g/mol. The second kappa shape index (κ2) is 10.3. The van der Waals surface area contributed by atoms with Gasteiger partial charge < -0.3 is 9.84 Å². The van der Waals surface area contributed by atoms with Crippen molar-refractivity contribution in [2.75, 3.05) is 13.1 Å². The van der Waals surface area contributed by atoms with Gasteiger partial charge in [0.2, 0.25) is 0 Å². The van der Waals surface area contributed by atoms with Crippen LogP contribution in [0.2, 0.25) is 0 Å². The average molecular weight is 477 g/mol. The molecule has 2 aromatic rings. The topological polar surface area (TPSA) is 78.9 Å². The predicted molar refractivity (Wildman–Crippen MR) is 137 cm³/mol. The highest BCUT2D eigenvalue weighted by atomic mass is 16.6. The summed E-state index contributed by atoms with van der Waals surface area (Å²) in [5, 5.41) is 12.5. The first kappa shape index (κ1) is 25.1. The Labute approximate surface area is 208 Å². The van der Waals surface area contributed by atoms with Crippen molar-refractivity contribution in [3.8, 4) is 0 Å². The number of nitrogens with one attached hydrogen (secondary N) is 1. The molecule has 0 bridgehead atoms. The van der Waals surface area contributed by atoms with Crippen LogP contribution in [-0.2, 0) is 20.9 Å². The first-order valence-corrected chi connectivity index (χ1v) is 12.4. The summed E-state index contributed by atoms with van der Waals surface area (Å²) in [7, 11) is 0. The third-order valence-electron chi connectivity index (χ3n) is 6.78. The minimum absolute atomic E-state index is 0.140. The number of nitrogens with zero attached hydrogens (tertiary/aromatic N) is 1. The van der Waals surface area contributed by atoms with Crippen LogP contribution in [0.15, 0.2) is 60.7 Å². The summed E-state index contributed by atoms with van der Waals surface area (Å²) in [5.41, 5.74) is 2.12. The van der Waals surface area contributed by atoms with Gasteiger partial charge in [0, 0.05) is 24.6 Å². The maximum Gasteiger partial charge on any atom is 0.328 e. The van der Waals surface area contributed by atoms with E-state index in [4.69, 9.17) is 9.84 Å². The highest BCUT2D eigenvalue weighted by Gasteiger charge is 2.63. The fraction of sp³-hybridized carbons (Fsp3) is 0.448. The lowest BCUT2D eigenvalue weighted by molar-refractivity contribution is -0.159. The monoisotopic (exact) mass is 476 g/mol. The second-order valence-electron chi connectivity index (χ2n) is 10.7. The van der Waals surface area contributed by atoms with Crippen LogP contribution >= 0.6 is 0 Å². The first-order chi connectivity index (χ1) is 16.6. The molecule has 0 unspecified atom stereocenters. The van der Waals surface area contributed by atoms with Crippen molar-refractivity contribution in [2.24, 2.45) is 0 Å².